The number of aliphatic hydroxyl groups excluding tert-OH is 1. The van der Waals surface area contributed by atoms with Gasteiger partial charge >= 0.3 is 0 Å². The summed E-state index contributed by atoms with van der Waals surface area (Å²) >= 11 is 0. The van der Waals surface area contributed by atoms with Crippen molar-refractivity contribution >= 4 is 11.6 Å². The van der Waals surface area contributed by atoms with Crippen LogP contribution < -0.4 is 5.32 Å². The Morgan fingerprint density at radius 3 is 2.09 bits per heavy atom. The lowest BCUT2D eigenvalue weighted by molar-refractivity contribution is -0.155. The molecular formula is C28H43NO4. The molecule has 3 atom stereocenters. The number of hydrogen-bond acceptors (Lipinski definition) is 5. The number of carbonyl (C=O) groups is 2. The Balaban J connectivity index is 2.47. The molecule has 0 spiro atoms. The largest absolute Gasteiger partial charge is 0.390 e. The predicted molar refractivity (Wildman–Crippen MR) is 132 cm³/mol. The van der Waals surface area contributed by atoms with Crippen LogP contribution in [0.4, 0.5) is 0 Å². The maximum absolute atomic E-state index is 13.7. The summed E-state index contributed by atoms with van der Waals surface area (Å²) in [6.07, 6.45) is 1.30. The summed E-state index contributed by atoms with van der Waals surface area (Å²) in [6.45, 7) is 12.7. The Bertz CT molecular complexity index is 828. The second-order valence-corrected chi connectivity index (χ2v) is 10.8. The van der Waals surface area contributed by atoms with Crippen molar-refractivity contribution in [3.63, 3.8) is 0 Å². The normalized spacial score (nSPS) is 23.7. The van der Waals surface area contributed by atoms with Gasteiger partial charge in [-0.15, -0.1) is 0 Å². The summed E-state index contributed by atoms with van der Waals surface area (Å²) in [6, 6.07) is 9.81. The molecule has 33 heavy (non-hydrogen) atoms. The second kappa shape index (κ2) is 11.9. The first kappa shape index (κ1) is 27.3. The lowest BCUT2D eigenvalue weighted by Crippen LogP contribution is -2.52. The summed E-state index contributed by atoms with van der Waals surface area (Å²) < 4.78 is 0. The smallest absolute Gasteiger partial charge is 0.203 e. The molecule has 2 rings (SSSR count). The highest BCUT2D eigenvalue weighted by Crippen LogP contribution is 2.42. The molecule has 0 bridgehead atoms. The van der Waals surface area contributed by atoms with Crippen LogP contribution in [-0.4, -0.2) is 33.5 Å². The topological polar surface area (TPSA) is 86.6 Å². The van der Waals surface area contributed by atoms with Crippen LogP contribution in [-0.2, 0) is 16.1 Å². The Hall–Kier alpha value is -1.98. The molecule has 0 aliphatic heterocycles. The number of benzene rings is 1. The average Bonchev–Trinajstić information content (AvgIpc) is 2.94. The highest BCUT2D eigenvalue weighted by atomic mass is 16.4. The fourth-order valence-electron chi connectivity index (χ4n) is 4.55. The number of nitrogens with one attached hydrogen (secondary N) is 1. The molecule has 1 aromatic carbocycles. The van der Waals surface area contributed by atoms with Gasteiger partial charge in [0.05, 0.1) is 17.6 Å². The van der Waals surface area contributed by atoms with Gasteiger partial charge in [0.25, 0.3) is 0 Å². The van der Waals surface area contributed by atoms with Crippen molar-refractivity contribution in [1.29, 1.82) is 0 Å². The van der Waals surface area contributed by atoms with Crippen LogP contribution in [0.3, 0.4) is 0 Å². The Kier molecular flexibility index (Phi) is 9.86. The first-order valence-electron chi connectivity index (χ1n) is 12.5. The minimum Gasteiger partial charge on any atom is -0.390 e. The number of ketones is 2. The van der Waals surface area contributed by atoms with Gasteiger partial charge in [0, 0.05) is 12.2 Å². The van der Waals surface area contributed by atoms with E-state index in [-0.39, 0.29) is 23.7 Å². The third-order valence-corrected chi connectivity index (χ3v) is 6.51. The summed E-state index contributed by atoms with van der Waals surface area (Å²) in [5.74, 6) is -1.00. The third kappa shape index (κ3) is 6.77. The number of carbonyl (C=O) groups excluding carboxylic acids is 2. The van der Waals surface area contributed by atoms with E-state index in [0.717, 1.165) is 5.56 Å². The van der Waals surface area contributed by atoms with Gasteiger partial charge in [-0.1, -0.05) is 78.3 Å². The van der Waals surface area contributed by atoms with Crippen LogP contribution in [0.25, 0.3) is 0 Å². The Morgan fingerprint density at radius 2 is 1.55 bits per heavy atom. The Labute approximate surface area is 199 Å². The van der Waals surface area contributed by atoms with E-state index in [2.05, 4.69) is 19.2 Å². The van der Waals surface area contributed by atoms with Crippen molar-refractivity contribution < 1.29 is 19.8 Å². The Morgan fingerprint density at radius 1 is 0.939 bits per heavy atom. The minimum absolute atomic E-state index is 0.0551. The van der Waals surface area contributed by atoms with E-state index in [1.807, 2.05) is 58.0 Å². The fourth-order valence-corrected chi connectivity index (χ4v) is 4.55. The van der Waals surface area contributed by atoms with Crippen LogP contribution in [0.15, 0.2) is 41.6 Å². The van der Waals surface area contributed by atoms with Crippen molar-refractivity contribution in [2.75, 3.05) is 0 Å². The van der Waals surface area contributed by atoms with E-state index in [0.29, 0.717) is 49.8 Å². The molecule has 5 heteroatoms. The van der Waals surface area contributed by atoms with Gasteiger partial charge < -0.3 is 15.5 Å². The summed E-state index contributed by atoms with van der Waals surface area (Å²) in [5.41, 5.74) is -0.391. The number of hydrogen-bond donors (Lipinski definition) is 3. The monoisotopic (exact) mass is 457 g/mol. The van der Waals surface area contributed by atoms with Crippen LogP contribution in [0.1, 0.15) is 79.2 Å². The zero-order valence-electron chi connectivity index (χ0n) is 21.2. The fraction of sp³-hybridized carbons (Fsp3) is 0.643. The summed E-state index contributed by atoms with van der Waals surface area (Å²) in [5, 5.41) is 26.0. The zero-order chi connectivity index (χ0) is 24.8. The number of aliphatic hydroxyl groups is 2. The number of Topliss-reactive ketones (excluding diaryl/α,β-unsaturated/α-hetero) is 2. The molecule has 5 nitrogen and oxygen atoms in total. The molecule has 3 N–H and O–H groups in total. The standard InChI is InChI=1S/C28H43NO4/c1-18(2)12-14-22-26(31)25(27(32)28(22,33)24(30)15-13-19(3)4)23(16-20(5)6)29-17-21-10-8-7-9-11-21/h7-11,18-20,22,24,29-30,33H,12-17H2,1-6H3/b25-23+/t22-,24?,28+/m0/s1. The van der Waals surface area contributed by atoms with Gasteiger partial charge in [0.2, 0.25) is 5.78 Å². The molecule has 0 radical (unpaired) electrons. The molecule has 0 aromatic heterocycles. The SMILES string of the molecule is CC(C)CCC(O)[C@@]1(O)C(=O)/C(=C(\CC(C)C)NCc2ccccc2)C(=O)[C@@H]1CCC(C)C. The van der Waals surface area contributed by atoms with Gasteiger partial charge in [-0.3, -0.25) is 9.59 Å². The van der Waals surface area contributed by atoms with Crippen molar-refractivity contribution in [2.24, 2.45) is 23.7 Å². The van der Waals surface area contributed by atoms with Crippen molar-refractivity contribution in [3.05, 3.63) is 47.2 Å². The van der Waals surface area contributed by atoms with E-state index in [4.69, 9.17) is 0 Å². The van der Waals surface area contributed by atoms with E-state index in [1.54, 1.807) is 0 Å². The first-order chi connectivity index (χ1) is 15.5. The molecule has 1 aromatic rings. The lowest BCUT2D eigenvalue weighted by atomic mass is 9.78. The first-order valence-corrected chi connectivity index (χ1v) is 12.5. The second-order valence-electron chi connectivity index (χ2n) is 10.8. The molecule has 184 valence electrons. The number of allylic oxidation sites excluding steroid dienone is 1. The molecule has 1 aliphatic carbocycles. The molecule has 0 amide bonds. The molecule has 1 unspecified atom stereocenters. The number of rotatable bonds is 12. The van der Waals surface area contributed by atoms with Gasteiger partial charge in [0.15, 0.2) is 11.4 Å². The lowest BCUT2D eigenvalue weighted by Gasteiger charge is -2.32. The molecule has 0 heterocycles. The van der Waals surface area contributed by atoms with Crippen molar-refractivity contribution in [1.82, 2.24) is 5.32 Å². The molecule has 0 saturated heterocycles. The van der Waals surface area contributed by atoms with Crippen molar-refractivity contribution in [3.8, 4) is 0 Å². The van der Waals surface area contributed by atoms with Crippen LogP contribution in [0.2, 0.25) is 0 Å². The van der Waals surface area contributed by atoms with Gasteiger partial charge in [-0.2, -0.15) is 0 Å². The summed E-state index contributed by atoms with van der Waals surface area (Å²) in [7, 11) is 0. The van der Waals surface area contributed by atoms with Crippen LogP contribution >= 0.6 is 0 Å². The highest BCUT2D eigenvalue weighted by Gasteiger charge is 2.60. The zero-order valence-corrected chi connectivity index (χ0v) is 21.2. The maximum Gasteiger partial charge on any atom is 0.203 e. The summed E-state index contributed by atoms with van der Waals surface area (Å²) in [4.78, 5) is 27.3. The van der Waals surface area contributed by atoms with Crippen LogP contribution in [0.5, 0.6) is 0 Å². The quantitative estimate of drug-likeness (QED) is 0.310. The molecular weight excluding hydrogens is 414 g/mol. The van der Waals surface area contributed by atoms with E-state index < -0.39 is 23.4 Å². The highest BCUT2D eigenvalue weighted by molar-refractivity contribution is 6.30. The molecule has 1 aliphatic rings. The van der Waals surface area contributed by atoms with E-state index in [9.17, 15) is 19.8 Å². The maximum atomic E-state index is 13.7. The molecule has 1 fully saturated rings. The van der Waals surface area contributed by atoms with Crippen LogP contribution in [0, 0.1) is 23.7 Å². The predicted octanol–water partition coefficient (Wildman–Crippen LogP) is 4.81. The minimum atomic E-state index is -2.06. The van der Waals surface area contributed by atoms with E-state index >= 15 is 0 Å². The van der Waals surface area contributed by atoms with Crippen molar-refractivity contribution in [2.45, 2.75) is 91.9 Å². The molecule has 1 saturated carbocycles. The average molecular weight is 458 g/mol. The van der Waals surface area contributed by atoms with Gasteiger partial charge in [-0.25, -0.2) is 0 Å². The van der Waals surface area contributed by atoms with Gasteiger partial charge in [0.1, 0.15) is 0 Å². The third-order valence-electron chi connectivity index (χ3n) is 6.51. The van der Waals surface area contributed by atoms with Gasteiger partial charge in [-0.05, 0) is 49.0 Å². The van der Waals surface area contributed by atoms with E-state index in [1.165, 1.54) is 0 Å².